The van der Waals surface area contributed by atoms with Crippen molar-refractivity contribution in [1.82, 2.24) is 14.4 Å². The van der Waals surface area contributed by atoms with Crippen molar-refractivity contribution in [3.05, 3.63) is 72.3 Å². The summed E-state index contributed by atoms with van der Waals surface area (Å²) in [6.07, 6.45) is 9.05. The lowest BCUT2D eigenvalue weighted by molar-refractivity contribution is -0.0502. The van der Waals surface area contributed by atoms with Gasteiger partial charge in [0, 0.05) is 42.2 Å². The molecule has 180 valence electrons. The van der Waals surface area contributed by atoms with Crippen LogP contribution in [0.1, 0.15) is 35.2 Å². The van der Waals surface area contributed by atoms with Crippen LogP contribution in [0.2, 0.25) is 0 Å². The highest BCUT2D eigenvalue weighted by Gasteiger charge is 2.29. The molecular formula is C26H23F2N3O4. The molecule has 1 saturated carbocycles. The fourth-order valence-electron chi connectivity index (χ4n) is 3.96. The number of hydrogen-bond acceptors (Lipinski definition) is 6. The van der Waals surface area contributed by atoms with Crippen molar-refractivity contribution in [3.8, 4) is 28.5 Å². The number of ether oxygens (including phenoxy) is 3. The first-order chi connectivity index (χ1) is 17.0. The van der Waals surface area contributed by atoms with Crippen LogP contribution >= 0.6 is 0 Å². The second kappa shape index (κ2) is 9.69. The third kappa shape index (κ3) is 5.08. The number of methoxy groups -OCH3 is 1. The molecule has 0 amide bonds. The van der Waals surface area contributed by atoms with Crippen molar-refractivity contribution in [2.45, 2.75) is 32.5 Å². The Kier molecular flexibility index (Phi) is 6.31. The van der Waals surface area contributed by atoms with E-state index < -0.39 is 6.61 Å². The number of halogens is 2. The first-order valence-electron chi connectivity index (χ1n) is 11.2. The third-order valence-corrected chi connectivity index (χ3v) is 5.86. The Morgan fingerprint density at radius 2 is 2.00 bits per heavy atom. The maximum absolute atomic E-state index is 13.2. The molecule has 0 radical (unpaired) electrons. The number of carbonyl (C=O) groups is 1. The zero-order valence-corrected chi connectivity index (χ0v) is 19.0. The van der Waals surface area contributed by atoms with Gasteiger partial charge in [0.25, 0.3) is 0 Å². The molecule has 0 N–H and O–H groups in total. The first kappa shape index (κ1) is 22.8. The van der Waals surface area contributed by atoms with Crippen LogP contribution in [-0.2, 0) is 6.61 Å². The molecule has 7 nitrogen and oxygen atoms in total. The Hall–Kier alpha value is -4.01. The number of fused-ring (bicyclic) bond motifs is 1. The summed E-state index contributed by atoms with van der Waals surface area (Å²) in [7, 11) is 1.40. The van der Waals surface area contributed by atoms with Gasteiger partial charge in [-0.25, -0.2) is 4.98 Å². The highest BCUT2D eigenvalue weighted by molar-refractivity contribution is 6.02. The Balaban J connectivity index is 1.47. The lowest BCUT2D eigenvalue weighted by atomic mass is 10.00. The standard InChI is InChI=1S/C26H23F2N3O4/c1-33-22-10-18(11-23(35-26(27)28)25(22)21(32)9-16-4-5-16)20-14-30-24-12-19(6-8-31(20)24)34-15-17-3-2-7-29-13-17/h2-3,6-8,10-14,16,26H,4-5,9,15H2,1H3. The summed E-state index contributed by atoms with van der Waals surface area (Å²) in [6.45, 7) is -2.72. The molecule has 5 rings (SSSR count). The van der Waals surface area contributed by atoms with Gasteiger partial charge in [-0.2, -0.15) is 8.78 Å². The average Bonchev–Trinajstić information content (AvgIpc) is 3.57. The lowest BCUT2D eigenvalue weighted by Crippen LogP contribution is -2.11. The molecule has 0 aliphatic heterocycles. The Bertz CT molecular complexity index is 1350. The summed E-state index contributed by atoms with van der Waals surface area (Å²) < 4.78 is 44.3. The number of pyridine rings is 2. The van der Waals surface area contributed by atoms with Gasteiger partial charge in [-0.3, -0.25) is 14.2 Å². The van der Waals surface area contributed by atoms with Crippen LogP contribution in [0.5, 0.6) is 17.2 Å². The van der Waals surface area contributed by atoms with Gasteiger partial charge in [0.1, 0.15) is 35.1 Å². The van der Waals surface area contributed by atoms with Gasteiger partial charge in [0.05, 0.1) is 19.0 Å². The summed E-state index contributed by atoms with van der Waals surface area (Å²) in [5.74, 6) is 0.639. The molecule has 0 atom stereocenters. The molecule has 4 aromatic rings. The summed E-state index contributed by atoms with van der Waals surface area (Å²) in [5.41, 5.74) is 2.73. The molecule has 0 unspecified atom stereocenters. The van der Waals surface area contributed by atoms with E-state index in [-0.39, 0.29) is 29.3 Å². The van der Waals surface area contributed by atoms with Crippen molar-refractivity contribution in [2.75, 3.05) is 7.11 Å². The van der Waals surface area contributed by atoms with Gasteiger partial charge in [-0.1, -0.05) is 6.07 Å². The SMILES string of the molecule is COc1cc(-c2cnc3cc(OCc4cccnc4)ccn23)cc(OC(F)F)c1C(=O)CC1CC1. The van der Waals surface area contributed by atoms with Crippen molar-refractivity contribution < 1.29 is 27.8 Å². The number of alkyl halides is 2. The summed E-state index contributed by atoms with van der Waals surface area (Å²) in [4.78, 5) is 21.4. The van der Waals surface area contributed by atoms with Crippen LogP contribution in [0.15, 0.2) is 61.2 Å². The molecule has 35 heavy (non-hydrogen) atoms. The number of nitrogens with zero attached hydrogens (tertiary/aromatic N) is 3. The highest BCUT2D eigenvalue weighted by Crippen LogP contribution is 2.40. The second-order valence-electron chi connectivity index (χ2n) is 8.38. The Morgan fingerprint density at radius 1 is 1.17 bits per heavy atom. The van der Waals surface area contributed by atoms with Crippen LogP contribution in [0, 0.1) is 5.92 Å². The number of rotatable bonds is 10. The van der Waals surface area contributed by atoms with Gasteiger partial charge >= 0.3 is 6.61 Å². The molecule has 0 spiro atoms. The van der Waals surface area contributed by atoms with Gasteiger partial charge in [0.2, 0.25) is 0 Å². The van der Waals surface area contributed by atoms with E-state index in [2.05, 4.69) is 9.97 Å². The van der Waals surface area contributed by atoms with E-state index in [1.165, 1.54) is 13.2 Å². The van der Waals surface area contributed by atoms with E-state index >= 15 is 0 Å². The molecule has 1 fully saturated rings. The van der Waals surface area contributed by atoms with E-state index in [1.807, 2.05) is 12.1 Å². The molecule has 1 aromatic carbocycles. The summed E-state index contributed by atoms with van der Waals surface area (Å²) in [5, 5.41) is 0. The zero-order chi connectivity index (χ0) is 24.4. The Morgan fingerprint density at radius 3 is 2.71 bits per heavy atom. The molecule has 9 heteroatoms. The van der Waals surface area contributed by atoms with Crippen LogP contribution < -0.4 is 14.2 Å². The predicted molar refractivity (Wildman–Crippen MR) is 124 cm³/mol. The smallest absolute Gasteiger partial charge is 0.387 e. The fourth-order valence-corrected chi connectivity index (χ4v) is 3.96. The highest BCUT2D eigenvalue weighted by atomic mass is 19.3. The fraction of sp³-hybridized carbons (Fsp3) is 0.269. The summed E-state index contributed by atoms with van der Waals surface area (Å²) in [6, 6.07) is 10.4. The number of hydrogen-bond donors (Lipinski definition) is 0. The average molecular weight is 479 g/mol. The maximum Gasteiger partial charge on any atom is 0.387 e. The van der Waals surface area contributed by atoms with Crippen molar-refractivity contribution in [3.63, 3.8) is 0 Å². The molecule has 3 aromatic heterocycles. The number of ketones is 1. The zero-order valence-electron chi connectivity index (χ0n) is 19.0. The first-order valence-corrected chi connectivity index (χ1v) is 11.2. The van der Waals surface area contributed by atoms with Crippen LogP contribution in [0.3, 0.4) is 0 Å². The second-order valence-corrected chi connectivity index (χ2v) is 8.38. The number of imidazole rings is 1. The number of aromatic nitrogens is 3. The van der Waals surface area contributed by atoms with Crippen molar-refractivity contribution >= 4 is 11.4 Å². The topological polar surface area (TPSA) is 75.0 Å². The normalized spacial score (nSPS) is 13.3. The minimum Gasteiger partial charge on any atom is -0.496 e. The minimum absolute atomic E-state index is 0.0448. The number of Topliss-reactive ketones (excluding diaryl/α,β-unsaturated/α-hetero) is 1. The number of carbonyl (C=O) groups excluding carboxylic acids is 1. The van der Waals surface area contributed by atoms with Crippen LogP contribution in [-0.4, -0.2) is 33.9 Å². The molecule has 3 heterocycles. The van der Waals surface area contributed by atoms with Crippen LogP contribution in [0.4, 0.5) is 8.78 Å². The third-order valence-electron chi connectivity index (χ3n) is 5.86. The maximum atomic E-state index is 13.2. The van der Waals surface area contributed by atoms with Crippen molar-refractivity contribution in [2.24, 2.45) is 5.92 Å². The van der Waals surface area contributed by atoms with E-state index in [1.54, 1.807) is 47.4 Å². The van der Waals surface area contributed by atoms with Gasteiger partial charge in [0.15, 0.2) is 5.78 Å². The molecule has 0 saturated heterocycles. The summed E-state index contributed by atoms with van der Waals surface area (Å²) >= 11 is 0. The van der Waals surface area contributed by atoms with Gasteiger partial charge < -0.3 is 14.2 Å². The van der Waals surface area contributed by atoms with Gasteiger partial charge in [-0.15, -0.1) is 0 Å². The quantitative estimate of drug-likeness (QED) is 0.277. The molecule has 1 aliphatic carbocycles. The molecule has 1 aliphatic rings. The number of benzene rings is 1. The lowest BCUT2D eigenvalue weighted by Gasteiger charge is -2.16. The Labute approximate surface area is 200 Å². The van der Waals surface area contributed by atoms with Gasteiger partial charge in [-0.05, 0) is 43.0 Å². The minimum atomic E-state index is -3.08. The van der Waals surface area contributed by atoms with Crippen LogP contribution in [0.25, 0.3) is 16.9 Å². The van der Waals surface area contributed by atoms with E-state index in [0.29, 0.717) is 35.2 Å². The predicted octanol–water partition coefficient (Wildman–Crippen LogP) is 5.57. The van der Waals surface area contributed by atoms with E-state index in [4.69, 9.17) is 14.2 Å². The largest absolute Gasteiger partial charge is 0.496 e. The molecular weight excluding hydrogens is 456 g/mol. The molecule has 0 bridgehead atoms. The van der Waals surface area contributed by atoms with E-state index in [0.717, 1.165) is 18.4 Å². The van der Waals surface area contributed by atoms with E-state index in [9.17, 15) is 13.6 Å². The van der Waals surface area contributed by atoms with Crippen molar-refractivity contribution in [1.29, 1.82) is 0 Å². The monoisotopic (exact) mass is 479 g/mol.